The maximum Gasteiger partial charge on any atom is 0.419 e. The third-order valence-corrected chi connectivity index (χ3v) is 5.71. The average Bonchev–Trinajstić information content (AvgIpc) is 2.62. The summed E-state index contributed by atoms with van der Waals surface area (Å²) in [5, 5.41) is 0. The molecule has 1 saturated carbocycles. The van der Waals surface area contributed by atoms with E-state index >= 15 is 0 Å². The Labute approximate surface area is 180 Å². The molecular weight excluding hydrogens is 442 g/mol. The quantitative estimate of drug-likeness (QED) is 0.514. The second-order valence-electron chi connectivity index (χ2n) is 8.48. The maximum atomic E-state index is 14.3. The van der Waals surface area contributed by atoms with Crippen LogP contribution in [0.15, 0.2) is 18.2 Å². The molecule has 2 aliphatic rings. The lowest BCUT2D eigenvalue weighted by Crippen LogP contribution is -2.57. The Hall–Kier alpha value is -2.56. The molecule has 11 heteroatoms. The number of alkyl halides is 3. The van der Waals surface area contributed by atoms with Crippen molar-refractivity contribution in [2.24, 2.45) is 17.6 Å². The summed E-state index contributed by atoms with van der Waals surface area (Å²) in [6.45, 7) is 1.68. The van der Waals surface area contributed by atoms with Gasteiger partial charge in [0.1, 0.15) is 12.4 Å². The number of esters is 1. The number of nitrogens with zero attached hydrogens (tertiary/aromatic N) is 1. The zero-order valence-electron chi connectivity index (χ0n) is 17.1. The molecule has 1 aliphatic heterocycles. The first-order chi connectivity index (χ1) is 14.8. The van der Waals surface area contributed by atoms with Gasteiger partial charge in [-0.3, -0.25) is 9.59 Å². The Bertz CT molecular complexity index is 934. The van der Waals surface area contributed by atoms with Crippen LogP contribution in [0.1, 0.15) is 37.3 Å². The molecule has 0 unspecified atom stereocenters. The van der Waals surface area contributed by atoms with Crippen LogP contribution in [0.25, 0.3) is 5.83 Å². The van der Waals surface area contributed by atoms with Gasteiger partial charge in [0.25, 0.3) is 0 Å². The number of likely N-dealkylation sites (tertiary alicyclic amines) is 1. The number of hydrogen-bond donors (Lipinski definition) is 1. The lowest BCUT2D eigenvalue weighted by molar-refractivity contribution is -0.146. The number of nitrogens with two attached hydrogens (primary N) is 1. The molecule has 176 valence electrons. The van der Waals surface area contributed by atoms with Crippen LogP contribution in [-0.4, -0.2) is 42.0 Å². The lowest BCUT2D eigenvalue weighted by Gasteiger charge is -2.45. The minimum absolute atomic E-state index is 0.0404. The molecule has 0 spiro atoms. The number of hydrogen-bond acceptors (Lipinski definition) is 4. The van der Waals surface area contributed by atoms with Crippen molar-refractivity contribution < 1.29 is 40.7 Å². The van der Waals surface area contributed by atoms with Crippen LogP contribution in [-0.2, 0) is 20.5 Å². The summed E-state index contributed by atoms with van der Waals surface area (Å²) in [5.41, 5.74) is 2.71. The normalized spacial score (nSPS) is 24.1. The third-order valence-electron chi connectivity index (χ3n) is 5.71. The van der Waals surface area contributed by atoms with Gasteiger partial charge in [-0.25, -0.2) is 13.2 Å². The summed E-state index contributed by atoms with van der Waals surface area (Å²) in [4.78, 5) is 24.6. The second kappa shape index (κ2) is 8.76. The molecule has 2 fully saturated rings. The van der Waals surface area contributed by atoms with Crippen molar-refractivity contribution in [1.82, 2.24) is 4.90 Å². The molecule has 1 aliphatic carbocycles. The van der Waals surface area contributed by atoms with E-state index in [0.717, 1.165) is 6.08 Å². The molecule has 1 saturated heterocycles. The third kappa shape index (κ3) is 5.25. The Morgan fingerprint density at radius 2 is 1.84 bits per heavy atom. The van der Waals surface area contributed by atoms with Crippen LogP contribution in [0.3, 0.4) is 0 Å². The highest BCUT2D eigenvalue weighted by Gasteiger charge is 2.44. The minimum Gasteiger partial charge on any atom is -0.464 e. The maximum absolute atomic E-state index is 14.3. The molecule has 1 amide bonds. The minimum atomic E-state index is -5.09. The number of ether oxygens (including phenoxy) is 1. The van der Waals surface area contributed by atoms with Gasteiger partial charge >= 0.3 is 12.1 Å². The first-order valence-corrected chi connectivity index (χ1v) is 9.92. The zero-order chi connectivity index (χ0) is 23.8. The number of carbonyl (C=O) groups is 2. The van der Waals surface area contributed by atoms with Crippen LogP contribution in [0.5, 0.6) is 0 Å². The summed E-state index contributed by atoms with van der Waals surface area (Å²) in [6, 6.07) is 0.829. The fourth-order valence-corrected chi connectivity index (χ4v) is 4.04. The van der Waals surface area contributed by atoms with E-state index in [1.165, 1.54) is 11.8 Å². The number of rotatable bonds is 6. The van der Waals surface area contributed by atoms with Gasteiger partial charge in [-0.1, -0.05) is 0 Å². The standard InChI is InChI=1S/C21H22F6N2O3/c1-11(30)32-10-20(28)6-12(7-20)5-17(31)29-8-13(9-29)4-16(22)14-2-3-15(21(25,26)27)19(24)18(14)23/h2-4,12-13H,5-10,28H2,1H3/b16-4-/t12-,20+. The predicted octanol–water partition coefficient (Wildman–Crippen LogP) is 3.81. The number of amides is 1. The van der Waals surface area contributed by atoms with Crippen LogP contribution in [0.4, 0.5) is 26.3 Å². The highest BCUT2D eigenvalue weighted by Crippen LogP contribution is 2.39. The van der Waals surface area contributed by atoms with Gasteiger partial charge in [0.15, 0.2) is 11.6 Å². The van der Waals surface area contributed by atoms with Crippen LogP contribution in [0, 0.1) is 23.5 Å². The van der Waals surface area contributed by atoms with Crippen molar-refractivity contribution in [3.05, 3.63) is 41.0 Å². The van der Waals surface area contributed by atoms with E-state index in [9.17, 15) is 35.9 Å². The molecule has 0 radical (unpaired) electrons. The number of benzene rings is 1. The van der Waals surface area contributed by atoms with E-state index in [1.54, 1.807) is 0 Å². The van der Waals surface area contributed by atoms with E-state index in [0.29, 0.717) is 18.9 Å². The largest absolute Gasteiger partial charge is 0.464 e. The van der Waals surface area contributed by atoms with E-state index in [-0.39, 0.29) is 44.0 Å². The van der Waals surface area contributed by atoms with Crippen LogP contribution in [0.2, 0.25) is 0 Å². The van der Waals surface area contributed by atoms with Gasteiger partial charge < -0.3 is 15.4 Å². The van der Waals surface area contributed by atoms with Gasteiger partial charge in [0, 0.05) is 37.9 Å². The fraction of sp³-hybridized carbons (Fsp3) is 0.524. The Morgan fingerprint density at radius 1 is 1.22 bits per heavy atom. The summed E-state index contributed by atoms with van der Waals surface area (Å²) < 4.78 is 84.6. The molecule has 1 aromatic rings. The first kappa shape index (κ1) is 24.1. The first-order valence-electron chi connectivity index (χ1n) is 9.92. The Kier molecular flexibility index (Phi) is 6.60. The molecule has 32 heavy (non-hydrogen) atoms. The summed E-state index contributed by atoms with van der Waals surface area (Å²) in [5.74, 6) is -6.29. The van der Waals surface area contributed by atoms with Gasteiger partial charge in [-0.05, 0) is 37.0 Å². The van der Waals surface area contributed by atoms with Crippen molar-refractivity contribution in [2.45, 2.75) is 37.9 Å². The highest BCUT2D eigenvalue weighted by atomic mass is 19.4. The molecule has 2 N–H and O–H groups in total. The highest BCUT2D eigenvalue weighted by molar-refractivity contribution is 5.77. The number of carbonyl (C=O) groups excluding carboxylic acids is 2. The topological polar surface area (TPSA) is 72.6 Å². The predicted molar refractivity (Wildman–Crippen MR) is 101 cm³/mol. The summed E-state index contributed by atoms with van der Waals surface area (Å²) in [7, 11) is 0. The SMILES string of the molecule is CC(=O)OC[C@]1(N)C[C@@H](CC(=O)N2CC(/C=C(\F)c3ccc(C(F)(F)F)c(F)c3F)C2)C1. The lowest BCUT2D eigenvalue weighted by atomic mass is 9.68. The van der Waals surface area contributed by atoms with E-state index < -0.39 is 52.2 Å². The second-order valence-corrected chi connectivity index (χ2v) is 8.48. The smallest absolute Gasteiger partial charge is 0.419 e. The molecule has 0 bridgehead atoms. The van der Waals surface area contributed by atoms with Gasteiger partial charge in [0.05, 0.1) is 11.1 Å². The molecule has 1 aromatic carbocycles. The molecule has 0 aromatic heterocycles. The number of halogens is 6. The van der Waals surface area contributed by atoms with Gasteiger partial charge in [0.2, 0.25) is 5.91 Å². The molecular formula is C21H22F6N2O3. The van der Waals surface area contributed by atoms with E-state index in [1.807, 2.05) is 0 Å². The van der Waals surface area contributed by atoms with Crippen LogP contribution >= 0.6 is 0 Å². The monoisotopic (exact) mass is 464 g/mol. The Morgan fingerprint density at radius 3 is 2.41 bits per heavy atom. The summed E-state index contributed by atoms with van der Waals surface area (Å²) >= 11 is 0. The molecule has 1 heterocycles. The van der Waals surface area contributed by atoms with Crippen molar-refractivity contribution in [3.8, 4) is 0 Å². The van der Waals surface area contributed by atoms with Crippen LogP contribution < -0.4 is 5.73 Å². The molecule has 3 rings (SSSR count). The average molecular weight is 464 g/mol. The molecule has 0 atom stereocenters. The van der Waals surface area contributed by atoms with Gasteiger partial charge in [-0.2, -0.15) is 13.2 Å². The van der Waals surface area contributed by atoms with Crippen molar-refractivity contribution in [1.29, 1.82) is 0 Å². The molecule has 5 nitrogen and oxygen atoms in total. The van der Waals surface area contributed by atoms with Crippen molar-refractivity contribution in [3.63, 3.8) is 0 Å². The van der Waals surface area contributed by atoms with E-state index in [2.05, 4.69) is 0 Å². The van der Waals surface area contributed by atoms with E-state index in [4.69, 9.17) is 10.5 Å². The van der Waals surface area contributed by atoms with Crippen molar-refractivity contribution in [2.75, 3.05) is 19.7 Å². The zero-order valence-corrected chi connectivity index (χ0v) is 17.1. The van der Waals surface area contributed by atoms with Crippen molar-refractivity contribution >= 4 is 17.7 Å². The van der Waals surface area contributed by atoms with Gasteiger partial charge in [-0.15, -0.1) is 0 Å². The Balaban J connectivity index is 1.50. The fourth-order valence-electron chi connectivity index (χ4n) is 4.04. The summed E-state index contributed by atoms with van der Waals surface area (Å²) in [6.07, 6.45) is -2.84.